The lowest BCUT2D eigenvalue weighted by Crippen LogP contribution is -2.49. The van der Waals surface area contributed by atoms with Gasteiger partial charge in [0, 0.05) is 52.7 Å². The number of carbonyl (C=O) groups excluding carboxylic acids is 1. The molecule has 4 aromatic rings. The average molecular weight is 677 g/mol. The van der Waals surface area contributed by atoms with E-state index in [1.807, 2.05) is 24.3 Å². The van der Waals surface area contributed by atoms with Crippen LogP contribution in [0.4, 0.5) is 14.5 Å². The van der Waals surface area contributed by atoms with Gasteiger partial charge >= 0.3 is 0 Å². The van der Waals surface area contributed by atoms with Crippen LogP contribution in [0.5, 0.6) is 5.75 Å². The summed E-state index contributed by atoms with van der Waals surface area (Å²) in [5, 5.41) is 15.7. The summed E-state index contributed by atoms with van der Waals surface area (Å²) in [5.41, 5.74) is 9.90. The van der Waals surface area contributed by atoms with Crippen LogP contribution < -0.4 is 10.1 Å². The van der Waals surface area contributed by atoms with Crippen LogP contribution in [0.2, 0.25) is 0 Å². The van der Waals surface area contributed by atoms with Crippen LogP contribution in [0.1, 0.15) is 34.8 Å². The second-order valence-corrected chi connectivity index (χ2v) is 11.2. The minimum absolute atomic E-state index is 0.0152. The number of nitrogens with zero attached hydrogens (tertiary/aromatic N) is 4. The number of azide groups is 1. The molecule has 0 radical (unpaired) electrons. The van der Waals surface area contributed by atoms with Gasteiger partial charge in [-0.1, -0.05) is 57.4 Å². The maximum Gasteiger partial charge on any atom is 0.252 e. The third-order valence-electron chi connectivity index (χ3n) is 7.18. The van der Waals surface area contributed by atoms with Gasteiger partial charge < -0.3 is 19.9 Å². The molecule has 0 unspecified atom stereocenters. The highest BCUT2D eigenvalue weighted by atomic mass is 79.9. The van der Waals surface area contributed by atoms with Gasteiger partial charge in [0.15, 0.2) is 11.6 Å². The van der Waals surface area contributed by atoms with Gasteiger partial charge in [-0.15, -0.1) is 0 Å². The Balaban J connectivity index is 1.60. The van der Waals surface area contributed by atoms with Gasteiger partial charge in [-0.25, -0.2) is 13.8 Å². The summed E-state index contributed by atoms with van der Waals surface area (Å²) in [5.74, 6) is -1.31. The zero-order chi connectivity index (χ0) is 31.8. The quantitative estimate of drug-likeness (QED) is 0.0709. The molecule has 230 valence electrons. The van der Waals surface area contributed by atoms with Crippen LogP contribution in [-0.4, -0.2) is 35.7 Å². The SMILES string of the molecule is [N-]=[N+]=Nc1ccccc1C[C@@]1(C(=O)NCc2cc(F)cc(F)c2)N=C(c2ccc(OCCCO)cc2)O[C@@H]1c1ccc(Br)cc1. The number of halogens is 3. The predicted octanol–water partition coefficient (Wildman–Crippen LogP) is 7.25. The molecule has 1 aliphatic rings. The van der Waals surface area contributed by atoms with Gasteiger partial charge in [-0.2, -0.15) is 0 Å². The molecular weight excluding hydrogens is 648 g/mol. The minimum Gasteiger partial charge on any atom is -0.494 e. The predicted molar refractivity (Wildman–Crippen MR) is 168 cm³/mol. The molecule has 5 rings (SSSR count). The van der Waals surface area contributed by atoms with Gasteiger partial charge in [0.2, 0.25) is 5.90 Å². The maximum absolute atomic E-state index is 14.4. The highest BCUT2D eigenvalue weighted by molar-refractivity contribution is 9.10. The monoisotopic (exact) mass is 675 g/mol. The summed E-state index contributed by atoms with van der Waals surface area (Å²) in [6.45, 7) is 0.189. The molecule has 0 aromatic heterocycles. The Bertz CT molecular complexity index is 1730. The lowest BCUT2D eigenvalue weighted by atomic mass is 9.81. The zero-order valence-corrected chi connectivity index (χ0v) is 25.5. The van der Waals surface area contributed by atoms with Crippen molar-refractivity contribution in [3.05, 3.63) is 140 Å². The van der Waals surface area contributed by atoms with E-state index in [0.29, 0.717) is 41.2 Å². The van der Waals surface area contributed by atoms with Crippen molar-refractivity contribution >= 4 is 33.4 Å². The molecule has 1 heterocycles. The second-order valence-electron chi connectivity index (χ2n) is 10.3. The largest absolute Gasteiger partial charge is 0.494 e. The fourth-order valence-corrected chi connectivity index (χ4v) is 5.33. The Kier molecular flexibility index (Phi) is 10.1. The Labute approximate surface area is 266 Å². The van der Waals surface area contributed by atoms with Gasteiger partial charge in [-0.3, -0.25) is 4.79 Å². The van der Waals surface area contributed by atoms with Crippen LogP contribution >= 0.6 is 15.9 Å². The third-order valence-corrected chi connectivity index (χ3v) is 7.71. The number of aliphatic imine (C=N–C) groups is 1. The number of ether oxygens (including phenoxy) is 2. The van der Waals surface area contributed by atoms with Crippen molar-refractivity contribution in [2.24, 2.45) is 10.1 Å². The van der Waals surface area contributed by atoms with Crippen molar-refractivity contribution in [1.29, 1.82) is 0 Å². The van der Waals surface area contributed by atoms with E-state index in [1.54, 1.807) is 48.5 Å². The Morgan fingerprint density at radius 2 is 1.78 bits per heavy atom. The van der Waals surface area contributed by atoms with Gasteiger partial charge in [0.1, 0.15) is 17.4 Å². The van der Waals surface area contributed by atoms with Crippen molar-refractivity contribution in [2.75, 3.05) is 13.2 Å². The lowest BCUT2D eigenvalue weighted by molar-refractivity contribution is -0.129. The number of aliphatic hydroxyl groups excluding tert-OH is 1. The normalized spacial score (nSPS) is 17.2. The Morgan fingerprint density at radius 3 is 2.47 bits per heavy atom. The minimum atomic E-state index is -1.63. The Hall–Kier alpha value is -4.77. The molecule has 1 aliphatic heterocycles. The molecule has 0 saturated carbocycles. The molecule has 45 heavy (non-hydrogen) atoms. The van der Waals surface area contributed by atoms with Crippen molar-refractivity contribution in [1.82, 2.24) is 5.32 Å². The number of amides is 1. The molecule has 2 N–H and O–H groups in total. The molecule has 9 nitrogen and oxygen atoms in total. The first-order chi connectivity index (χ1) is 21.8. The van der Waals surface area contributed by atoms with Gasteiger partial charge in [-0.05, 0) is 70.8 Å². The molecule has 0 spiro atoms. The van der Waals surface area contributed by atoms with E-state index in [2.05, 4.69) is 31.3 Å². The van der Waals surface area contributed by atoms with Crippen molar-refractivity contribution < 1.29 is 28.2 Å². The standard InChI is InChI=1S/C33H28BrF2N5O4/c34-25-10-6-22(7-11-25)30-33(19-24-4-1-2-5-29(24)40-41-37,32(43)38-20-21-16-26(35)18-27(36)17-21)39-31(45-30)23-8-12-28(13-9-23)44-15-3-14-42/h1-2,4-13,16-18,30,42H,3,14-15,19-20H2,(H,38,43)/t30-,33-/m1/s1. The average Bonchev–Trinajstić information content (AvgIpc) is 3.42. The Morgan fingerprint density at radius 1 is 1.07 bits per heavy atom. The smallest absolute Gasteiger partial charge is 0.252 e. The molecule has 12 heteroatoms. The van der Waals surface area contributed by atoms with Crippen molar-refractivity contribution in [3.8, 4) is 5.75 Å². The van der Waals surface area contributed by atoms with Crippen LogP contribution in [0, 0.1) is 11.6 Å². The number of hydrogen-bond donors (Lipinski definition) is 2. The fraction of sp³-hybridized carbons (Fsp3) is 0.212. The lowest BCUT2D eigenvalue weighted by Gasteiger charge is -2.31. The zero-order valence-electron chi connectivity index (χ0n) is 23.9. The number of aliphatic hydroxyl groups is 1. The van der Waals surface area contributed by atoms with E-state index < -0.39 is 29.2 Å². The number of rotatable bonds is 12. The van der Waals surface area contributed by atoms with Crippen LogP contribution in [0.25, 0.3) is 10.4 Å². The van der Waals surface area contributed by atoms with Crippen LogP contribution in [0.3, 0.4) is 0 Å². The van der Waals surface area contributed by atoms with E-state index in [0.717, 1.165) is 22.7 Å². The highest BCUT2D eigenvalue weighted by Crippen LogP contribution is 2.44. The van der Waals surface area contributed by atoms with E-state index in [-0.39, 0.29) is 31.0 Å². The van der Waals surface area contributed by atoms with Crippen LogP contribution in [0.15, 0.2) is 106 Å². The maximum atomic E-state index is 14.4. The summed E-state index contributed by atoms with van der Waals surface area (Å²) in [4.78, 5) is 22.2. The number of benzene rings is 4. The highest BCUT2D eigenvalue weighted by Gasteiger charge is 2.53. The van der Waals surface area contributed by atoms with E-state index in [1.165, 1.54) is 0 Å². The van der Waals surface area contributed by atoms with Gasteiger partial charge in [0.25, 0.3) is 5.91 Å². The van der Waals surface area contributed by atoms with Crippen molar-refractivity contribution in [3.63, 3.8) is 0 Å². The summed E-state index contributed by atoms with van der Waals surface area (Å²) < 4.78 is 40.8. The molecule has 1 amide bonds. The summed E-state index contributed by atoms with van der Waals surface area (Å²) in [6, 6.07) is 24.2. The molecule has 0 saturated heterocycles. The van der Waals surface area contributed by atoms with E-state index in [9.17, 15) is 19.1 Å². The fourth-order valence-electron chi connectivity index (χ4n) is 5.06. The first kappa shape index (κ1) is 31.6. The molecule has 4 aromatic carbocycles. The number of hydrogen-bond acceptors (Lipinski definition) is 6. The first-order valence-electron chi connectivity index (χ1n) is 14.0. The molecule has 0 fully saturated rings. The summed E-state index contributed by atoms with van der Waals surface area (Å²) in [7, 11) is 0. The van der Waals surface area contributed by atoms with E-state index in [4.69, 9.17) is 19.6 Å². The van der Waals surface area contributed by atoms with E-state index >= 15 is 0 Å². The third kappa shape index (κ3) is 7.49. The summed E-state index contributed by atoms with van der Waals surface area (Å²) in [6.07, 6.45) is -0.480. The summed E-state index contributed by atoms with van der Waals surface area (Å²) >= 11 is 3.45. The first-order valence-corrected chi connectivity index (χ1v) is 14.8. The van der Waals surface area contributed by atoms with Crippen molar-refractivity contribution in [2.45, 2.75) is 31.0 Å². The topological polar surface area (TPSA) is 129 Å². The van der Waals surface area contributed by atoms with Gasteiger partial charge in [0.05, 0.1) is 6.61 Å². The molecule has 0 aliphatic carbocycles. The molecular formula is C33H28BrF2N5O4. The number of carbonyl (C=O) groups is 1. The second kappa shape index (κ2) is 14.3. The van der Waals surface area contributed by atoms with Crippen LogP contribution in [-0.2, 0) is 22.5 Å². The molecule has 2 atom stereocenters. The molecule has 0 bridgehead atoms. The number of nitrogens with one attached hydrogen (secondary N) is 1.